The highest BCUT2D eigenvalue weighted by Crippen LogP contribution is 2.37. The van der Waals surface area contributed by atoms with E-state index in [2.05, 4.69) is 6.92 Å². The van der Waals surface area contributed by atoms with E-state index in [0.717, 1.165) is 19.3 Å². The molecule has 14 heavy (non-hydrogen) atoms. The third kappa shape index (κ3) is 3.68. The average Bonchev–Trinajstić information content (AvgIpc) is 2.14. The van der Waals surface area contributed by atoms with Gasteiger partial charge in [-0.05, 0) is 18.4 Å². The highest BCUT2D eigenvalue weighted by Gasteiger charge is 2.21. The first-order valence-electron chi connectivity index (χ1n) is 4.49. The van der Waals surface area contributed by atoms with Gasteiger partial charge in [0.05, 0.1) is 0 Å². The smallest absolute Gasteiger partial charge is 0.0784 e. The third-order valence-corrected chi connectivity index (χ3v) is 2.65. The summed E-state index contributed by atoms with van der Waals surface area (Å²) in [7, 11) is 0. The van der Waals surface area contributed by atoms with Crippen LogP contribution in [0.15, 0.2) is 24.3 Å². The molecule has 0 amide bonds. The summed E-state index contributed by atoms with van der Waals surface area (Å²) in [6.45, 7) is 3.79. The van der Waals surface area contributed by atoms with E-state index >= 15 is 0 Å². The zero-order chi connectivity index (χ0) is 10.6. The topological polar surface area (TPSA) is 0 Å². The first kappa shape index (κ1) is 12.2. The minimum Gasteiger partial charge on any atom is -0.0784 e. The zero-order valence-corrected chi connectivity index (χ0v) is 10.0. The molecular weight excluding hydrogens is 238 g/mol. The zero-order valence-electron chi connectivity index (χ0n) is 7.77. The van der Waals surface area contributed by atoms with Crippen LogP contribution >= 0.6 is 34.8 Å². The summed E-state index contributed by atoms with van der Waals surface area (Å²) in [4.78, 5) is 0. The van der Waals surface area contributed by atoms with Gasteiger partial charge < -0.3 is 0 Å². The van der Waals surface area contributed by atoms with Gasteiger partial charge in [-0.2, -0.15) is 0 Å². The minimum atomic E-state index is -1.31. The Morgan fingerprint density at radius 3 is 2.07 bits per heavy atom. The standard InChI is InChI=1S/C11H12Cl3/c1-2-3-4-9-5-7-10(8-6-9)11(12,13)14/h5-8H,1-4H2. The Bertz CT molecular complexity index is 272. The summed E-state index contributed by atoms with van der Waals surface area (Å²) in [5.74, 6) is 0. The maximum Gasteiger partial charge on any atom is 0.216 e. The van der Waals surface area contributed by atoms with Crippen LogP contribution in [0.2, 0.25) is 0 Å². The molecule has 3 heteroatoms. The van der Waals surface area contributed by atoms with Crippen LogP contribution in [0.5, 0.6) is 0 Å². The summed E-state index contributed by atoms with van der Waals surface area (Å²) < 4.78 is -1.31. The molecule has 0 aliphatic rings. The average molecular weight is 251 g/mol. The largest absolute Gasteiger partial charge is 0.216 e. The number of halogens is 3. The van der Waals surface area contributed by atoms with Crippen LogP contribution in [-0.4, -0.2) is 0 Å². The molecular formula is C11H12Cl3. The van der Waals surface area contributed by atoms with Crippen molar-refractivity contribution in [3.8, 4) is 0 Å². The summed E-state index contributed by atoms with van der Waals surface area (Å²) in [6, 6.07) is 7.69. The van der Waals surface area contributed by atoms with Gasteiger partial charge in [0.15, 0.2) is 0 Å². The number of benzene rings is 1. The first-order valence-corrected chi connectivity index (χ1v) is 5.63. The van der Waals surface area contributed by atoms with Crippen molar-refractivity contribution in [3.63, 3.8) is 0 Å². The lowest BCUT2D eigenvalue weighted by Crippen LogP contribution is -1.99. The predicted molar refractivity (Wildman–Crippen MR) is 64.0 cm³/mol. The van der Waals surface area contributed by atoms with Gasteiger partial charge in [-0.25, -0.2) is 0 Å². The van der Waals surface area contributed by atoms with Crippen molar-refractivity contribution < 1.29 is 0 Å². The predicted octanol–water partition coefficient (Wildman–Crippen LogP) is 4.67. The molecule has 1 aromatic carbocycles. The van der Waals surface area contributed by atoms with Gasteiger partial charge in [0.2, 0.25) is 3.79 Å². The lowest BCUT2D eigenvalue weighted by molar-refractivity contribution is 0.840. The molecule has 0 bridgehead atoms. The van der Waals surface area contributed by atoms with Crippen molar-refractivity contribution in [2.24, 2.45) is 0 Å². The van der Waals surface area contributed by atoms with E-state index < -0.39 is 3.79 Å². The summed E-state index contributed by atoms with van der Waals surface area (Å²) >= 11 is 17.2. The third-order valence-electron chi connectivity index (χ3n) is 2.00. The van der Waals surface area contributed by atoms with Crippen LogP contribution in [0, 0.1) is 6.92 Å². The maximum absolute atomic E-state index is 5.74. The molecule has 0 nitrogen and oxygen atoms in total. The summed E-state index contributed by atoms with van der Waals surface area (Å²) in [5.41, 5.74) is 1.97. The molecule has 0 saturated heterocycles. The van der Waals surface area contributed by atoms with Crippen molar-refractivity contribution >= 4 is 34.8 Å². The Morgan fingerprint density at radius 1 is 1.07 bits per heavy atom. The fourth-order valence-electron chi connectivity index (χ4n) is 1.19. The lowest BCUT2D eigenvalue weighted by Gasteiger charge is -2.11. The Labute approximate surface area is 100 Å². The lowest BCUT2D eigenvalue weighted by atomic mass is 10.1. The fourth-order valence-corrected chi connectivity index (χ4v) is 1.57. The number of rotatable bonds is 3. The fraction of sp³-hybridized carbons (Fsp3) is 0.364. The molecule has 0 unspecified atom stereocenters. The van der Waals surface area contributed by atoms with Crippen molar-refractivity contribution in [1.29, 1.82) is 0 Å². The Kier molecular flexibility index (Phi) is 4.56. The highest BCUT2D eigenvalue weighted by atomic mass is 35.6. The number of unbranched alkanes of at least 4 members (excludes halogenated alkanes) is 1. The highest BCUT2D eigenvalue weighted by molar-refractivity contribution is 6.66. The van der Waals surface area contributed by atoms with E-state index in [9.17, 15) is 0 Å². The maximum atomic E-state index is 5.74. The van der Waals surface area contributed by atoms with Gasteiger partial charge in [0.25, 0.3) is 0 Å². The second-order valence-electron chi connectivity index (χ2n) is 3.15. The summed E-state index contributed by atoms with van der Waals surface area (Å²) in [6.07, 6.45) is 3.07. The van der Waals surface area contributed by atoms with Crippen molar-refractivity contribution in [2.45, 2.75) is 23.1 Å². The molecule has 0 fully saturated rings. The second kappa shape index (κ2) is 5.25. The van der Waals surface area contributed by atoms with E-state index in [1.807, 2.05) is 24.3 Å². The molecule has 0 aromatic heterocycles. The number of alkyl halides is 3. The van der Waals surface area contributed by atoms with E-state index in [4.69, 9.17) is 34.8 Å². The van der Waals surface area contributed by atoms with Crippen molar-refractivity contribution in [1.82, 2.24) is 0 Å². The molecule has 0 N–H and O–H groups in total. The minimum absolute atomic E-state index is 0.709. The molecule has 1 aromatic rings. The van der Waals surface area contributed by atoms with Crippen LogP contribution in [0.3, 0.4) is 0 Å². The molecule has 0 aliphatic carbocycles. The van der Waals surface area contributed by atoms with Crippen molar-refractivity contribution in [3.05, 3.63) is 42.3 Å². The van der Waals surface area contributed by atoms with Gasteiger partial charge in [-0.1, -0.05) is 72.4 Å². The van der Waals surface area contributed by atoms with Crippen LogP contribution in [0.4, 0.5) is 0 Å². The first-order chi connectivity index (χ1) is 6.54. The van der Waals surface area contributed by atoms with E-state index in [-0.39, 0.29) is 0 Å². The SMILES string of the molecule is [CH2]CCCc1ccc(C(Cl)(Cl)Cl)cc1. The van der Waals surface area contributed by atoms with E-state index in [1.165, 1.54) is 5.56 Å². The van der Waals surface area contributed by atoms with Crippen LogP contribution in [0.25, 0.3) is 0 Å². The monoisotopic (exact) mass is 249 g/mol. The number of aryl methyl sites for hydroxylation is 1. The molecule has 0 atom stereocenters. The Balaban J connectivity index is 2.69. The van der Waals surface area contributed by atoms with Crippen LogP contribution in [-0.2, 0) is 10.2 Å². The Morgan fingerprint density at radius 2 is 1.64 bits per heavy atom. The molecule has 0 saturated carbocycles. The second-order valence-corrected chi connectivity index (χ2v) is 5.43. The molecule has 0 spiro atoms. The summed E-state index contributed by atoms with van der Waals surface area (Å²) in [5, 5.41) is 0. The molecule has 0 aliphatic heterocycles. The van der Waals surface area contributed by atoms with Gasteiger partial charge in [0.1, 0.15) is 0 Å². The van der Waals surface area contributed by atoms with E-state index in [1.54, 1.807) is 0 Å². The molecule has 0 heterocycles. The van der Waals surface area contributed by atoms with E-state index in [0.29, 0.717) is 5.56 Å². The van der Waals surface area contributed by atoms with Gasteiger partial charge in [0, 0.05) is 5.56 Å². The number of hydrogen-bond donors (Lipinski definition) is 0. The quantitative estimate of drug-likeness (QED) is 0.684. The van der Waals surface area contributed by atoms with Gasteiger partial charge in [-0.15, -0.1) is 0 Å². The molecule has 1 rings (SSSR count). The normalized spacial score (nSPS) is 11.7. The molecule has 77 valence electrons. The van der Waals surface area contributed by atoms with Crippen LogP contribution in [0.1, 0.15) is 24.0 Å². The Hall–Kier alpha value is 0.0900. The molecule has 1 radical (unpaired) electrons. The number of hydrogen-bond acceptors (Lipinski definition) is 0. The van der Waals surface area contributed by atoms with Gasteiger partial charge >= 0.3 is 0 Å². The van der Waals surface area contributed by atoms with Crippen molar-refractivity contribution in [2.75, 3.05) is 0 Å². The van der Waals surface area contributed by atoms with Gasteiger partial charge in [-0.3, -0.25) is 0 Å². The van der Waals surface area contributed by atoms with Crippen LogP contribution < -0.4 is 0 Å².